The molecule has 1 N–H and O–H groups in total. The third-order valence-electron chi connectivity index (χ3n) is 2.95. The maximum Gasteiger partial charge on any atom is 0.573 e. The fourth-order valence-electron chi connectivity index (χ4n) is 1.90. The van der Waals surface area contributed by atoms with Gasteiger partial charge in [0.1, 0.15) is 5.75 Å². The van der Waals surface area contributed by atoms with Gasteiger partial charge in [0.25, 0.3) is 0 Å². The Kier molecular flexibility index (Phi) is 4.40. The van der Waals surface area contributed by atoms with E-state index in [1.165, 1.54) is 12.1 Å². The number of hydrogen-bond donors (Lipinski definition) is 1. The summed E-state index contributed by atoms with van der Waals surface area (Å²) in [5.41, 5.74) is 1.72. The zero-order chi connectivity index (χ0) is 15.5. The van der Waals surface area contributed by atoms with Crippen LogP contribution >= 0.6 is 0 Å². The quantitative estimate of drug-likeness (QED) is 0.908. The Bertz CT molecular complexity index is 578. The van der Waals surface area contributed by atoms with Crippen molar-refractivity contribution < 1.29 is 17.9 Å². The van der Waals surface area contributed by atoms with Gasteiger partial charge in [-0.1, -0.05) is 12.1 Å². The number of aromatic nitrogens is 2. The third kappa shape index (κ3) is 4.40. The highest BCUT2D eigenvalue weighted by Crippen LogP contribution is 2.25. The maximum absolute atomic E-state index is 12.1. The summed E-state index contributed by atoms with van der Waals surface area (Å²) in [4.78, 5) is 0. The first-order valence-corrected chi connectivity index (χ1v) is 6.52. The lowest BCUT2D eigenvalue weighted by Gasteiger charge is -2.15. The van der Waals surface area contributed by atoms with Gasteiger partial charge in [0.2, 0.25) is 0 Å². The molecule has 2 rings (SSSR count). The van der Waals surface area contributed by atoms with Crippen LogP contribution in [0.1, 0.15) is 25.5 Å². The molecule has 0 aliphatic rings. The van der Waals surface area contributed by atoms with Gasteiger partial charge in [0.15, 0.2) is 0 Å². The largest absolute Gasteiger partial charge is 0.573 e. The molecule has 0 aliphatic carbocycles. The second-order valence-electron chi connectivity index (χ2n) is 4.57. The molecule has 0 spiro atoms. The van der Waals surface area contributed by atoms with Crippen LogP contribution in [-0.2, 0) is 6.54 Å². The highest BCUT2D eigenvalue weighted by atomic mass is 19.4. The van der Waals surface area contributed by atoms with E-state index in [2.05, 4.69) is 15.2 Å². The predicted octanol–water partition coefficient (Wildman–Crippen LogP) is 3.97. The van der Waals surface area contributed by atoms with Gasteiger partial charge in [-0.2, -0.15) is 5.10 Å². The number of nitrogens with one attached hydrogen (secondary N) is 1. The Labute approximate surface area is 120 Å². The Hall–Kier alpha value is -2.18. The fourth-order valence-corrected chi connectivity index (χ4v) is 1.90. The predicted molar refractivity (Wildman–Crippen MR) is 73.1 cm³/mol. The van der Waals surface area contributed by atoms with E-state index in [0.717, 1.165) is 17.8 Å². The van der Waals surface area contributed by atoms with Crippen LogP contribution in [0.3, 0.4) is 0 Å². The van der Waals surface area contributed by atoms with E-state index in [-0.39, 0.29) is 11.8 Å². The average Bonchev–Trinajstić information content (AvgIpc) is 2.85. The molecule has 7 heteroatoms. The molecule has 0 amide bonds. The molecule has 21 heavy (non-hydrogen) atoms. The number of alkyl halides is 3. The van der Waals surface area contributed by atoms with Crippen LogP contribution in [0.15, 0.2) is 36.7 Å². The van der Waals surface area contributed by atoms with Gasteiger partial charge in [0.05, 0.1) is 11.9 Å². The smallest absolute Gasteiger partial charge is 0.406 e. The fraction of sp³-hybridized carbons (Fsp3) is 0.357. The molecule has 0 saturated carbocycles. The number of anilines is 1. The maximum atomic E-state index is 12.1. The number of halogens is 3. The first-order valence-electron chi connectivity index (χ1n) is 6.52. The molecule has 2 aromatic rings. The standard InChI is InChI=1S/C14H16F3N3O/c1-3-20-9-12(8-18-20)19-10(2)11-4-6-13(7-5-11)21-14(15,16)17/h4-10,19H,3H2,1-2H3. The van der Waals surface area contributed by atoms with Gasteiger partial charge >= 0.3 is 6.36 Å². The number of aryl methyl sites for hydroxylation is 1. The highest BCUT2D eigenvalue weighted by Gasteiger charge is 2.31. The molecule has 0 aliphatic heterocycles. The highest BCUT2D eigenvalue weighted by molar-refractivity contribution is 5.42. The van der Waals surface area contributed by atoms with Crippen molar-refractivity contribution in [2.24, 2.45) is 0 Å². The van der Waals surface area contributed by atoms with E-state index in [4.69, 9.17) is 0 Å². The van der Waals surface area contributed by atoms with E-state index in [1.54, 1.807) is 23.0 Å². The van der Waals surface area contributed by atoms with E-state index in [1.807, 2.05) is 20.0 Å². The minimum atomic E-state index is -4.67. The van der Waals surface area contributed by atoms with Gasteiger partial charge in [-0.25, -0.2) is 0 Å². The second kappa shape index (κ2) is 6.07. The van der Waals surface area contributed by atoms with Crippen molar-refractivity contribution in [3.05, 3.63) is 42.2 Å². The normalized spacial score (nSPS) is 13.0. The SMILES string of the molecule is CCn1cc(NC(C)c2ccc(OC(F)(F)F)cc2)cn1. The lowest BCUT2D eigenvalue weighted by Crippen LogP contribution is -2.17. The summed E-state index contributed by atoms with van der Waals surface area (Å²) in [6, 6.07) is 5.75. The number of hydrogen-bond acceptors (Lipinski definition) is 3. The van der Waals surface area contributed by atoms with E-state index < -0.39 is 6.36 Å². The molecule has 4 nitrogen and oxygen atoms in total. The number of ether oxygens (including phenoxy) is 1. The van der Waals surface area contributed by atoms with Crippen molar-refractivity contribution in [2.75, 3.05) is 5.32 Å². The van der Waals surface area contributed by atoms with Crippen LogP contribution in [0.25, 0.3) is 0 Å². The first-order chi connectivity index (χ1) is 9.87. The minimum Gasteiger partial charge on any atom is -0.406 e. The van der Waals surface area contributed by atoms with E-state index in [0.29, 0.717) is 0 Å². The lowest BCUT2D eigenvalue weighted by atomic mass is 10.1. The summed E-state index contributed by atoms with van der Waals surface area (Å²) >= 11 is 0. The second-order valence-corrected chi connectivity index (χ2v) is 4.57. The molecule has 1 unspecified atom stereocenters. The molecule has 0 radical (unpaired) electrons. The van der Waals surface area contributed by atoms with Crippen LogP contribution < -0.4 is 10.1 Å². The van der Waals surface area contributed by atoms with Crippen molar-refractivity contribution in [1.29, 1.82) is 0 Å². The van der Waals surface area contributed by atoms with Crippen molar-refractivity contribution in [3.63, 3.8) is 0 Å². The molecular weight excluding hydrogens is 283 g/mol. The van der Waals surface area contributed by atoms with E-state index in [9.17, 15) is 13.2 Å². The Morgan fingerprint density at radius 2 is 1.95 bits per heavy atom. The molecule has 0 fully saturated rings. The zero-order valence-electron chi connectivity index (χ0n) is 11.7. The van der Waals surface area contributed by atoms with Crippen LogP contribution in [0, 0.1) is 0 Å². The first kappa shape index (κ1) is 15.2. The van der Waals surface area contributed by atoms with Crippen molar-refractivity contribution in [3.8, 4) is 5.75 Å². The summed E-state index contributed by atoms with van der Waals surface area (Å²) in [7, 11) is 0. The van der Waals surface area contributed by atoms with Gasteiger partial charge in [-0.15, -0.1) is 13.2 Å². The lowest BCUT2D eigenvalue weighted by molar-refractivity contribution is -0.274. The monoisotopic (exact) mass is 299 g/mol. The number of rotatable bonds is 5. The van der Waals surface area contributed by atoms with Crippen LogP contribution in [-0.4, -0.2) is 16.1 Å². The van der Waals surface area contributed by atoms with Gasteiger partial charge in [0, 0.05) is 18.8 Å². The molecule has 114 valence electrons. The summed E-state index contributed by atoms with van der Waals surface area (Å²) < 4.78 is 41.9. The van der Waals surface area contributed by atoms with E-state index >= 15 is 0 Å². The van der Waals surface area contributed by atoms with Crippen LogP contribution in [0.5, 0.6) is 5.75 Å². The van der Waals surface area contributed by atoms with Crippen molar-refractivity contribution >= 4 is 5.69 Å². The molecule has 1 aromatic carbocycles. The van der Waals surface area contributed by atoms with Crippen molar-refractivity contribution in [2.45, 2.75) is 32.8 Å². The zero-order valence-corrected chi connectivity index (χ0v) is 11.7. The topological polar surface area (TPSA) is 39.1 Å². The summed E-state index contributed by atoms with van der Waals surface area (Å²) in [5.74, 6) is -0.225. The van der Waals surface area contributed by atoms with Gasteiger partial charge < -0.3 is 10.1 Å². The molecule has 1 heterocycles. The molecular formula is C14H16F3N3O. The Morgan fingerprint density at radius 3 is 2.48 bits per heavy atom. The van der Waals surface area contributed by atoms with Crippen molar-refractivity contribution in [1.82, 2.24) is 9.78 Å². The molecule has 0 saturated heterocycles. The number of nitrogens with zero attached hydrogens (tertiary/aromatic N) is 2. The summed E-state index contributed by atoms with van der Waals surface area (Å²) in [6.45, 7) is 4.68. The Morgan fingerprint density at radius 1 is 1.29 bits per heavy atom. The summed E-state index contributed by atoms with van der Waals surface area (Å²) in [6.07, 6.45) is -1.08. The Balaban J connectivity index is 2.00. The van der Waals surface area contributed by atoms with Gasteiger partial charge in [-0.05, 0) is 31.5 Å². The molecule has 1 atom stereocenters. The van der Waals surface area contributed by atoms with Crippen LogP contribution in [0.4, 0.5) is 18.9 Å². The molecule has 1 aromatic heterocycles. The van der Waals surface area contributed by atoms with Crippen LogP contribution in [0.2, 0.25) is 0 Å². The molecule has 0 bridgehead atoms. The summed E-state index contributed by atoms with van der Waals surface area (Å²) in [5, 5.41) is 7.38. The average molecular weight is 299 g/mol. The minimum absolute atomic E-state index is 0.0561. The van der Waals surface area contributed by atoms with Gasteiger partial charge in [-0.3, -0.25) is 4.68 Å². The number of benzene rings is 1. The third-order valence-corrected chi connectivity index (χ3v) is 2.95.